The van der Waals surface area contributed by atoms with Gasteiger partial charge in [-0.25, -0.2) is 0 Å². The van der Waals surface area contributed by atoms with Crippen LogP contribution in [0, 0.1) is 6.92 Å². The minimum absolute atomic E-state index is 0.0301. The molecule has 4 N–H and O–H groups in total. The first-order chi connectivity index (χ1) is 13.8. The van der Waals surface area contributed by atoms with E-state index in [0.29, 0.717) is 12.8 Å². The molecule has 29 heavy (non-hydrogen) atoms. The highest BCUT2D eigenvalue weighted by Crippen LogP contribution is 2.56. The fourth-order valence-electron chi connectivity index (χ4n) is 6.23. The number of piperidine rings is 1. The van der Waals surface area contributed by atoms with Crippen LogP contribution in [0.5, 0.6) is 11.5 Å². The lowest BCUT2D eigenvalue weighted by Gasteiger charge is -2.60. The van der Waals surface area contributed by atoms with Crippen molar-refractivity contribution >= 4 is 6.08 Å². The normalized spacial score (nSPS) is 30.8. The summed E-state index contributed by atoms with van der Waals surface area (Å²) in [5, 5.41) is 33.2. The summed E-state index contributed by atoms with van der Waals surface area (Å²) in [5.41, 5.74) is 4.97. The Morgan fingerprint density at radius 2 is 2.07 bits per heavy atom. The molecule has 3 aliphatic rings. The molecule has 0 amide bonds. The summed E-state index contributed by atoms with van der Waals surface area (Å²) in [6.45, 7) is 4.92. The smallest absolute Gasteiger partial charge is 0.161 e. The minimum atomic E-state index is -1.04. The number of nitrogens with one attached hydrogen (secondary N) is 1. The Kier molecular flexibility index (Phi) is 3.97. The van der Waals surface area contributed by atoms with E-state index in [1.54, 1.807) is 6.07 Å². The van der Waals surface area contributed by atoms with Crippen molar-refractivity contribution in [2.24, 2.45) is 0 Å². The molecule has 0 saturated carbocycles. The number of fused-ring (bicyclic) bond motifs is 5. The number of aliphatic hydroxyl groups is 1. The fraction of sp³-hybridized carbons (Fsp3) is 0.500. The van der Waals surface area contributed by atoms with Gasteiger partial charge in [-0.2, -0.15) is 0 Å². The molecule has 5 rings (SSSR count). The van der Waals surface area contributed by atoms with E-state index in [-0.39, 0.29) is 17.5 Å². The van der Waals surface area contributed by atoms with Gasteiger partial charge in [0, 0.05) is 34.8 Å². The number of likely N-dealkylation sites (N-methyl/N-ethyl adjacent to an activating group) is 1. The maximum Gasteiger partial charge on any atom is 0.161 e. The minimum Gasteiger partial charge on any atom is -0.504 e. The molecular formula is C24H30N2O3. The zero-order valence-electron chi connectivity index (χ0n) is 17.4. The molecule has 3 atom stereocenters. The van der Waals surface area contributed by atoms with E-state index < -0.39 is 11.0 Å². The van der Waals surface area contributed by atoms with Gasteiger partial charge in [0.05, 0.1) is 5.60 Å². The van der Waals surface area contributed by atoms with Crippen molar-refractivity contribution in [2.45, 2.75) is 63.0 Å². The fourth-order valence-corrected chi connectivity index (χ4v) is 6.23. The lowest BCUT2D eigenvalue weighted by molar-refractivity contribution is -0.129. The second-order valence-corrected chi connectivity index (χ2v) is 9.39. The summed E-state index contributed by atoms with van der Waals surface area (Å²) in [4.78, 5) is 5.84. The van der Waals surface area contributed by atoms with Crippen molar-refractivity contribution in [3.8, 4) is 11.5 Å². The number of H-pyrrole nitrogens is 1. The Morgan fingerprint density at radius 1 is 1.28 bits per heavy atom. The highest BCUT2D eigenvalue weighted by molar-refractivity contribution is 5.60. The molecule has 0 spiro atoms. The van der Waals surface area contributed by atoms with Crippen molar-refractivity contribution in [1.82, 2.24) is 9.88 Å². The molecule has 2 aliphatic carbocycles. The van der Waals surface area contributed by atoms with Crippen LogP contribution in [0.4, 0.5) is 0 Å². The van der Waals surface area contributed by atoms with Crippen molar-refractivity contribution < 1.29 is 15.3 Å². The third kappa shape index (κ3) is 2.41. The van der Waals surface area contributed by atoms with Gasteiger partial charge in [-0.3, -0.25) is 0 Å². The molecule has 5 heteroatoms. The second-order valence-electron chi connectivity index (χ2n) is 9.39. The van der Waals surface area contributed by atoms with Crippen LogP contribution in [-0.2, 0) is 24.7 Å². The number of aromatic amines is 1. The molecule has 2 heterocycles. The van der Waals surface area contributed by atoms with E-state index in [9.17, 15) is 15.3 Å². The van der Waals surface area contributed by atoms with Gasteiger partial charge in [0.15, 0.2) is 11.5 Å². The quantitative estimate of drug-likeness (QED) is 0.590. The molecule has 0 radical (unpaired) electrons. The van der Waals surface area contributed by atoms with Gasteiger partial charge >= 0.3 is 0 Å². The van der Waals surface area contributed by atoms with E-state index >= 15 is 0 Å². The molecule has 2 aromatic rings. The third-order valence-electron chi connectivity index (χ3n) is 8.02. The van der Waals surface area contributed by atoms with Gasteiger partial charge in [0.2, 0.25) is 0 Å². The number of rotatable bonds is 2. The monoisotopic (exact) mass is 394 g/mol. The van der Waals surface area contributed by atoms with Crippen molar-refractivity contribution in [3.05, 3.63) is 51.9 Å². The zero-order valence-corrected chi connectivity index (χ0v) is 17.4. The number of phenolic OH excluding ortho intramolecular Hbond substituents is 2. The molecule has 1 aromatic heterocycles. The van der Waals surface area contributed by atoms with Gasteiger partial charge in [0.25, 0.3) is 0 Å². The van der Waals surface area contributed by atoms with Crippen LogP contribution in [0.2, 0.25) is 0 Å². The predicted molar refractivity (Wildman–Crippen MR) is 113 cm³/mol. The highest BCUT2D eigenvalue weighted by atomic mass is 16.3. The Balaban J connectivity index is 1.72. The summed E-state index contributed by atoms with van der Waals surface area (Å²) in [6.07, 6.45) is 8.43. The van der Waals surface area contributed by atoms with Crippen LogP contribution in [0.25, 0.3) is 6.08 Å². The number of aromatic hydroxyl groups is 2. The first kappa shape index (κ1) is 18.8. The number of benzene rings is 1. The van der Waals surface area contributed by atoms with Crippen LogP contribution in [0.3, 0.4) is 0 Å². The molecule has 154 valence electrons. The first-order valence-electron chi connectivity index (χ1n) is 10.6. The molecular weight excluding hydrogens is 364 g/mol. The van der Waals surface area contributed by atoms with Gasteiger partial charge < -0.3 is 25.2 Å². The molecule has 2 bridgehead atoms. The van der Waals surface area contributed by atoms with E-state index in [1.807, 2.05) is 13.0 Å². The Morgan fingerprint density at radius 3 is 2.83 bits per heavy atom. The maximum atomic E-state index is 11.9. The van der Waals surface area contributed by atoms with E-state index in [1.165, 1.54) is 16.8 Å². The average molecular weight is 395 g/mol. The Hall–Kier alpha value is -2.24. The number of allylic oxidation sites excluding steroid dienone is 1. The number of hydrogen-bond acceptors (Lipinski definition) is 4. The molecule has 1 aromatic carbocycles. The Labute approximate surface area is 171 Å². The van der Waals surface area contributed by atoms with Crippen LogP contribution < -0.4 is 0 Å². The summed E-state index contributed by atoms with van der Waals surface area (Å²) in [7, 11) is 2.07. The van der Waals surface area contributed by atoms with Crippen molar-refractivity contribution in [1.29, 1.82) is 0 Å². The van der Waals surface area contributed by atoms with Crippen LogP contribution in [0.1, 0.15) is 53.4 Å². The van der Waals surface area contributed by atoms with Crippen LogP contribution in [0.15, 0.2) is 18.2 Å². The molecule has 1 fully saturated rings. The second kappa shape index (κ2) is 6.13. The van der Waals surface area contributed by atoms with Gasteiger partial charge in [-0.05, 0) is 82.0 Å². The number of hydrogen-bond donors (Lipinski definition) is 4. The predicted octanol–water partition coefficient (Wildman–Crippen LogP) is 3.19. The van der Waals surface area contributed by atoms with E-state index in [0.717, 1.165) is 42.6 Å². The van der Waals surface area contributed by atoms with Crippen molar-refractivity contribution in [2.75, 3.05) is 13.6 Å². The summed E-state index contributed by atoms with van der Waals surface area (Å²) >= 11 is 0. The van der Waals surface area contributed by atoms with E-state index in [4.69, 9.17) is 0 Å². The number of nitrogens with zero attached hydrogens (tertiary/aromatic N) is 1. The maximum absolute atomic E-state index is 11.9. The molecule has 3 unspecified atom stereocenters. The van der Waals surface area contributed by atoms with Gasteiger partial charge in [-0.1, -0.05) is 12.1 Å². The van der Waals surface area contributed by atoms with Crippen LogP contribution >= 0.6 is 0 Å². The summed E-state index contributed by atoms with van der Waals surface area (Å²) < 4.78 is 0. The third-order valence-corrected chi connectivity index (χ3v) is 8.02. The standard InChI is InChI=1S/C24H30N2O3/c1-14-16-6-4-5-7-17(16)25-18(14)13-24-10-11-26(3)20(23(24,2)29)12-15-8-9-19(27)22(28)21(15)24/h5,7-9,20,25,27-29H,4,6,10-13H2,1-3H3. The Bertz CT molecular complexity index is 1020. The van der Waals surface area contributed by atoms with Crippen molar-refractivity contribution in [3.63, 3.8) is 0 Å². The van der Waals surface area contributed by atoms with Crippen LogP contribution in [-0.4, -0.2) is 50.4 Å². The number of phenols is 2. The molecule has 1 saturated heterocycles. The largest absolute Gasteiger partial charge is 0.504 e. The summed E-state index contributed by atoms with van der Waals surface area (Å²) in [5.74, 6) is -0.179. The molecule has 5 nitrogen and oxygen atoms in total. The zero-order chi connectivity index (χ0) is 20.6. The van der Waals surface area contributed by atoms with Gasteiger partial charge in [0.1, 0.15) is 0 Å². The number of aromatic nitrogens is 1. The van der Waals surface area contributed by atoms with E-state index in [2.05, 4.69) is 36.0 Å². The summed E-state index contributed by atoms with van der Waals surface area (Å²) in [6, 6.07) is 3.45. The topological polar surface area (TPSA) is 79.7 Å². The lowest BCUT2D eigenvalue weighted by Crippen LogP contribution is -2.70. The molecule has 1 aliphatic heterocycles. The number of likely N-dealkylation sites (tertiary alicyclic amines) is 1. The lowest BCUT2D eigenvalue weighted by atomic mass is 9.53. The first-order valence-corrected chi connectivity index (χ1v) is 10.6. The highest BCUT2D eigenvalue weighted by Gasteiger charge is 2.61. The SMILES string of the molecule is Cc1c(CC23CCN(C)C(Cc4ccc(O)c(O)c42)C3(C)O)[nH]c2c1CCC=C2. The average Bonchev–Trinajstić information content (AvgIpc) is 2.99. The van der Waals surface area contributed by atoms with Gasteiger partial charge in [-0.15, -0.1) is 0 Å².